The molecule has 6 rings (SSSR count). The number of nitrogens with zero attached hydrogens (tertiary/aromatic N) is 1. The van der Waals surface area contributed by atoms with Crippen LogP contribution in [0.4, 0.5) is 0 Å². The van der Waals surface area contributed by atoms with Gasteiger partial charge in [0, 0.05) is 36.0 Å². The van der Waals surface area contributed by atoms with Crippen molar-refractivity contribution in [2.75, 3.05) is 20.2 Å². The van der Waals surface area contributed by atoms with Crippen molar-refractivity contribution in [3.8, 4) is 0 Å². The zero-order chi connectivity index (χ0) is 18.7. The Labute approximate surface area is 161 Å². The molecule has 2 saturated heterocycles. The maximum atomic E-state index is 14.3. The number of carbonyl (C=O) groups excluding carboxylic acids is 2. The molecule has 3 unspecified atom stereocenters. The third-order valence-electron chi connectivity index (χ3n) is 9.59. The van der Waals surface area contributed by atoms with Crippen LogP contribution < -0.4 is 0 Å². The summed E-state index contributed by atoms with van der Waals surface area (Å²) in [6, 6.07) is 0.493. The molecule has 2 bridgehead atoms. The average molecular weight is 367 g/mol. The minimum Gasteiger partial charge on any atom is -0.466 e. The van der Waals surface area contributed by atoms with Crippen LogP contribution in [0.3, 0.4) is 0 Å². The first-order valence-corrected chi connectivity index (χ1v) is 10.7. The lowest BCUT2D eigenvalue weighted by Crippen LogP contribution is -2.65. The Hall–Kier alpha value is -1.42. The highest BCUT2D eigenvalue weighted by Crippen LogP contribution is 2.73. The van der Waals surface area contributed by atoms with E-state index in [0.717, 1.165) is 44.3 Å². The SMILES string of the molecule is COC(=O)C1=C2CCC3=C2[C@@]2(C1)C(=O)[C@H]1CC4N(CC1C)CC(CC3)[C@]42C. The van der Waals surface area contributed by atoms with Gasteiger partial charge in [0.2, 0.25) is 0 Å². The largest absolute Gasteiger partial charge is 0.466 e. The van der Waals surface area contributed by atoms with Crippen LogP contribution in [0, 0.1) is 28.6 Å². The van der Waals surface area contributed by atoms with Gasteiger partial charge >= 0.3 is 5.97 Å². The van der Waals surface area contributed by atoms with Gasteiger partial charge in [0.15, 0.2) is 0 Å². The first kappa shape index (κ1) is 16.5. The number of allylic oxidation sites excluding steroid dienone is 3. The van der Waals surface area contributed by atoms with Gasteiger partial charge in [0.1, 0.15) is 5.78 Å². The molecule has 0 aromatic carbocycles. The highest BCUT2D eigenvalue weighted by molar-refractivity contribution is 6.01. The molecule has 4 heteroatoms. The number of hydrogen-bond donors (Lipinski definition) is 0. The summed E-state index contributed by atoms with van der Waals surface area (Å²) in [5.41, 5.74) is 4.33. The second-order valence-corrected chi connectivity index (χ2v) is 10.2. The second kappa shape index (κ2) is 4.94. The fourth-order valence-corrected chi connectivity index (χ4v) is 8.44. The highest BCUT2D eigenvalue weighted by atomic mass is 16.5. The molecule has 0 amide bonds. The van der Waals surface area contributed by atoms with Gasteiger partial charge in [-0.1, -0.05) is 19.4 Å². The molecule has 0 N–H and O–H groups in total. The van der Waals surface area contributed by atoms with Crippen LogP contribution in [0.15, 0.2) is 22.3 Å². The normalized spacial score (nSPS) is 47.4. The summed E-state index contributed by atoms with van der Waals surface area (Å²) in [6.07, 6.45) is 5.92. The van der Waals surface area contributed by atoms with Gasteiger partial charge < -0.3 is 4.74 Å². The van der Waals surface area contributed by atoms with Crippen LogP contribution in [0.25, 0.3) is 0 Å². The van der Waals surface area contributed by atoms with Gasteiger partial charge in [0.25, 0.3) is 0 Å². The van der Waals surface area contributed by atoms with Crippen molar-refractivity contribution >= 4 is 11.8 Å². The molecule has 0 aromatic heterocycles. The van der Waals surface area contributed by atoms with Crippen molar-refractivity contribution in [1.29, 1.82) is 0 Å². The van der Waals surface area contributed by atoms with E-state index >= 15 is 0 Å². The minimum atomic E-state index is -0.462. The molecular weight excluding hydrogens is 338 g/mol. The maximum Gasteiger partial charge on any atom is 0.334 e. The zero-order valence-corrected chi connectivity index (χ0v) is 16.6. The Morgan fingerprint density at radius 2 is 2.04 bits per heavy atom. The first-order chi connectivity index (χ1) is 12.9. The fraction of sp³-hybridized carbons (Fsp3) is 0.739. The number of fused-ring (bicyclic) bond motifs is 1. The molecule has 1 spiro atoms. The number of hydrogen-bond acceptors (Lipinski definition) is 4. The van der Waals surface area contributed by atoms with Crippen LogP contribution >= 0.6 is 0 Å². The van der Waals surface area contributed by atoms with Crippen LogP contribution in [-0.2, 0) is 14.3 Å². The Balaban J connectivity index is 1.64. The molecule has 2 aliphatic heterocycles. The third kappa shape index (κ3) is 1.60. The van der Waals surface area contributed by atoms with Gasteiger partial charge in [-0.05, 0) is 61.5 Å². The van der Waals surface area contributed by atoms with Crippen molar-refractivity contribution < 1.29 is 14.3 Å². The van der Waals surface area contributed by atoms with Crippen molar-refractivity contribution in [2.45, 2.75) is 58.4 Å². The van der Waals surface area contributed by atoms with E-state index in [1.807, 2.05) is 0 Å². The van der Waals surface area contributed by atoms with Crippen LogP contribution in [0.1, 0.15) is 52.4 Å². The Morgan fingerprint density at radius 1 is 1.22 bits per heavy atom. The molecule has 27 heavy (non-hydrogen) atoms. The number of ether oxygens (including phenoxy) is 1. The minimum absolute atomic E-state index is 0.0385. The van der Waals surface area contributed by atoms with Gasteiger partial charge in [-0.15, -0.1) is 0 Å². The summed E-state index contributed by atoms with van der Waals surface area (Å²) in [6.45, 7) is 6.89. The lowest BCUT2D eigenvalue weighted by molar-refractivity contribution is -0.156. The summed E-state index contributed by atoms with van der Waals surface area (Å²) in [5.74, 6) is 1.40. The van der Waals surface area contributed by atoms with E-state index in [0.29, 0.717) is 30.1 Å². The molecule has 4 aliphatic carbocycles. The molecule has 4 nitrogen and oxygen atoms in total. The summed E-state index contributed by atoms with van der Waals surface area (Å²) in [7, 11) is 1.48. The molecule has 144 valence electrons. The molecule has 2 heterocycles. The number of ketones is 1. The van der Waals surface area contributed by atoms with Gasteiger partial charge in [0.05, 0.1) is 12.5 Å². The van der Waals surface area contributed by atoms with E-state index in [2.05, 4.69) is 18.7 Å². The topological polar surface area (TPSA) is 46.6 Å². The highest BCUT2D eigenvalue weighted by Gasteiger charge is 2.74. The molecule has 0 radical (unpaired) electrons. The molecule has 6 aliphatic rings. The number of rotatable bonds is 1. The summed E-state index contributed by atoms with van der Waals surface area (Å²) < 4.78 is 5.18. The number of methoxy groups -OCH3 is 1. The smallest absolute Gasteiger partial charge is 0.334 e. The van der Waals surface area contributed by atoms with Crippen molar-refractivity contribution in [3.05, 3.63) is 22.3 Å². The Bertz CT molecular complexity index is 854. The standard InChI is InChI=1S/C23H29NO3/c1-12-10-24-11-14-6-4-13-5-7-15-17(21(26)27-3)9-23(19(13)15)20(25)16(12)8-18(24)22(14,23)2/h12,14,16,18H,4-11H2,1-3H3/t12?,14?,16-,18?,22+,23-/m0/s1. The number of piperidine rings is 1. The van der Waals surface area contributed by atoms with Crippen LogP contribution in [0.2, 0.25) is 0 Å². The number of Topliss-reactive ketones (excluding diaryl/α,β-unsaturated/α-hetero) is 1. The van der Waals surface area contributed by atoms with Crippen molar-refractivity contribution in [1.82, 2.24) is 4.90 Å². The first-order valence-electron chi connectivity index (χ1n) is 10.7. The van der Waals surface area contributed by atoms with E-state index < -0.39 is 5.41 Å². The molecule has 0 aromatic rings. The number of carbonyl (C=O) groups is 2. The van der Waals surface area contributed by atoms with E-state index in [4.69, 9.17) is 4.74 Å². The maximum absolute atomic E-state index is 14.3. The van der Waals surface area contributed by atoms with Gasteiger partial charge in [-0.2, -0.15) is 0 Å². The van der Waals surface area contributed by atoms with Crippen LogP contribution in [-0.4, -0.2) is 42.9 Å². The second-order valence-electron chi connectivity index (χ2n) is 10.2. The molecule has 6 atom stereocenters. The van der Waals surface area contributed by atoms with E-state index in [1.165, 1.54) is 30.2 Å². The van der Waals surface area contributed by atoms with E-state index in [-0.39, 0.29) is 17.3 Å². The van der Waals surface area contributed by atoms with E-state index in [1.54, 1.807) is 0 Å². The van der Waals surface area contributed by atoms with Crippen LogP contribution in [0.5, 0.6) is 0 Å². The van der Waals surface area contributed by atoms with Gasteiger partial charge in [-0.3, -0.25) is 9.69 Å². The lowest BCUT2D eigenvalue weighted by atomic mass is 9.45. The Kier molecular flexibility index (Phi) is 3.03. The molecular formula is C23H29NO3. The van der Waals surface area contributed by atoms with E-state index in [9.17, 15) is 9.59 Å². The number of esters is 1. The third-order valence-corrected chi connectivity index (χ3v) is 9.59. The van der Waals surface area contributed by atoms with Gasteiger partial charge in [-0.25, -0.2) is 4.79 Å². The lowest BCUT2D eigenvalue weighted by Gasteiger charge is -2.59. The fourth-order valence-electron chi connectivity index (χ4n) is 8.44. The average Bonchev–Trinajstić information content (AvgIpc) is 3.27. The molecule has 3 fully saturated rings. The quantitative estimate of drug-likeness (QED) is 0.668. The van der Waals surface area contributed by atoms with Crippen molar-refractivity contribution in [3.63, 3.8) is 0 Å². The monoisotopic (exact) mass is 367 g/mol. The molecule has 1 saturated carbocycles. The summed E-state index contributed by atoms with van der Waals surface area (Å²) >= 11 is 0. The predicted molar refractivity (Wildman–Crippen MR) is 101 cm³/mol. The Morgan fingerprint density at radius 3 is 2.81 bits per heavy atom. The zero-order valence-electron chi connectivity index (χ0n) is 16.6. The predicted octanol–water partition coefficient (Wildman–Crippen LogP) is 3.28. The summed E-state index contributed by atoms with van der Waals surface area (Å²) in [5, 5.41) is 0. The van der Waals surface area contributed by atoms with Crippen molar-refractivity contribution in [2.24, 2.45) is 28.6 Å². The summed E-state index contributed by atoms with van der Waals surface area (Å²) in [4.78, 5) is 29.6.